The van der Waals surface area contributed by atoms with Crippen molar-refractivity contribution in [3.05, 3.63) is 0 Å². The van der Waals surface area contributed by atoms with E-state index >= 15 is 0 Å². The van der Waals surface area contributed by atoms with Gasteiger partial charge in [-0.1, -0.05) is 13.8 Å². The third-order valence-corrected chi connectivity index (χ3v) is 6.00. The Kier molecular flexibility index (Phi) is 8.99. The molecule has 4 unspecified atom stereocenters. The van der Waals surface area contributed by atoms with E-state index in [0.717, 1.165) is 0 Å². The van der Waals surface area contributed by atoms with Gasteiger partial charge in [0, 0.05) is 19.5 Å². The largest absolute Gasteiger partial charge is 0.480 e. The van der Waals surface area contributed by atoms with Gasteiger partial charge in [-0.15, -0.1) is 0 Å². The van der Waals surface area contributed by atoms with E-state index in [4.69, 9.17) is 11.5 Å². The number of rotatable bonds is 10. The molecule has 32 heavy (non-hydrogen) atoms. The lowest BCUT2D eigenvalue weighted by Gasteiger charge is -2.32. The van der Waals surface area contributed by atoms with Crippen molar-refractivity contribution < 1.29 is 29.1 Å². The average Bonchev–Trinajstić information content (AvgIpc) is 3.38. The molecule has 0 saturated carbocycles. The van der Waals surface area contributed by atoms with Crippen LogP contribution in [0.3, 0.4) is 0 Å². The van der Waals surface area contributed by atoms with E-state index in [1.807, 2.05) is 13.8 Å². The average molecular weight is 454 g/mol. The number of amides is 4. The molecule has 4 amide bonds. The molecule has 0 aromatic heterocycles. The van der Waals surface area contributed by atoms with E-state index in [9.17, 15) is 29.1 Å². The van der Waals surface area contributed by atoms with Crippen molar-refractivity contribution in [2.24, 2.45) is 17.4 Å². The minimum atomic E-state index is -1.06. The first-order valence-corrected chi connectivity index (χ1v) is 11.2. The lowest BCUT2D eigenvalue weighted by atomic mass is 10.0. The highest BCUT2D eigenvalue weighted by Crippen LogP contribution is 2.26. The number of hydrogen-bond acceptors (Lipinski definition) is 6. The number of primary amides is 1. The molecule has 0 aromatic rings. The summed E-state index contributed by atoms with van der Waals surface area (Å²) in [6, 6.07) is -3.54. The molecule has 0 bridgehead atoms. The van der Waals surface area contributed by atoms with Crippen molar-refractivity contribution in [1.29, 1.82) is 0 Å². The minimum Gasteiger partial charge on any atom is -0.480 e. The molecule has 2 aliphatic rings. The van der Waals surface area contributed by atoms with Gasteiger partial charge in [0.1, 0.15) is 18.1 Å². The topological polar surface area (TPSA) is 176 Å². The normalized spacial score (nSPS) is 22.6. The standard InChI is InChI=1S/C21H35N5O6/c1-12(2)11-13(22)18(28)24-14(7-8-17(23)27)19(29)25-9-3-5-15(25)20(30)26-10-4-6-16(26)21(31)32/h12-16H,3-11,22H2,1-2H3,(H2,23,27)(H,24,28)(H,31,32). The molecule has 11 nitrogen and oxygen atoms in total. The summed E-state index contributed by atoms with van der Waals surface area (Å²) in [6.45, 7) is 4.49. The second-order valence-electron chi connectivity index (χ2n) is 9.02. The monoisotopic (exact) mass is 453 g/mol. The van der Waals surface area contributed by atoms with Crippen LogP contribution in [0.4, 0.5) is 0 Å². The zero-order valence-corrected chi connectivity index (χ0v) is 18.8. The quantitative estimate of drug-likeness (QED) is 0.334. The molecular formula is C21H35N5O6. The van der Waals surface area contributed by atoms with Gasteiger partial charge in [-0.05, 0) is 44.4 Å². The van der Waals surface area contributed by atoms with Crippen LogP contribution in [-0.2, 0) is 24.0 Å². The first-order valence-electron chi connectivity index (χ1n) is 11.2. The zero-order chi connectivity index (χ0) is 24.0. The van der Waals surface area contributed by atoms with Crippen LogP contribution in [0.15, 0.2) is 0 Å². The van der Waals surface area contributed by atoms with Crippen LogP contribution >= 0.6 is 0 Å². The molecule has 2 rings (SSSR count). The van der Waals surface area contributed by atoms with Crippen molar-refractivity contribution in [2.75, 3.05) is 13.1 Å². The molecule has 2 saturated heterocycles. The maximum Gasteiger partial charge on any atom is 0.326 e. The van der Waals surface area contributed by atoms with Crippen LogP contribution in [-0.4, -0.2) is 81.8 Å². The summed E-state index contributed by atoms with van der Waals surface area (Å²) in [7, 11) is 0. The molecule has 6 N–H and O–H groups in total. The maximum absolute atomic E-state index is 13.3. The van der Waals surface area contributed by atoms with Gasteiger partial charge in [0.05, 0.1) is 6.04 Å². The summed E-state index contributed by atoms with van der Waals surface area (Å²) in [5.41, 5.74) is 11.2. The predicted octanol–water partition coefficient (Wildman–Crippen LogP) is -0.823. The highest BCUT2D eigenvalue weighted by atomic mass is 16.4. The van der Waals surface area contributed by atoms with Gasteiger partial charge in [-0.2, -0.15) is 0 Å². The lowest BCUT2D eigenvalue weighted by molar-refractivity contribution is -0.152. The number of likely N-dealkylation sites (tertiary alicyclic amines) is 2. The van der Waals surface area contributed by atoms with Crippen molar-refractivity contribution in [1.82, 2.24) is 15.1 Å². The number of nitrogens with zero attached hydrogens (tertiary/aromatic N) is 2. The fourth-order valence-electron chi connectivity index (χ4n) is 4.40. The fourth-order valence-corrected chi connectivity index (χ4v) is 4.40. The summed E-state index contributed by atoms with van der Waals surface area (Å²) in [5.74, 6) is -2.88. The number of nitrogens with two attached hydrogens (primary N) is 2. The Morgan fingerprint density at radius 2 is 1.62 bits per heavy atom. The van der Waals surface area contributed by atoms with Crippen molar-refractivity contribution in [3.8, 4) is 0 Å². The third-order valence-electron chi connectivity index (χ3n) is 6.00. The van der Waals surface area contributed by atoms with Gasteiger partial charge >= 0.3 is 5.97 Å². The first kappa shape index (κ1) is 25.6. The van der Waals surface area contributed by atoms with Crippen LogP contribution in [0.25, 0.3) is 0 Å². The summed E-state index contributed by atoms with van der Waals surface area (Å²) in [5, 5.41) is 12.0. The minimum absolute atomic E-state index is 0.00676. The van der Waals surface area contributed by atoms with Crippen LogP contribution in [0.2, 0.25) is 0 Å². The summed E-state index contributed by atoms with van der Waals surface area (Å²) >= 11 is 0. The second-order valence-corrected chi connectivity index (χ2v) is 9.02. The maximum atomic E-state index is 13.3. The molecule has 4 atom stereocenters. The number of carboxylic acid groups (broad SMARTS) is 1. The van der Waals surface area contributed by atoms with E-state index < -0.39 is 53.8 Å². The Hall–Kier alpha value is -2.69. The second kappa shape index (κ2) is 11.3. The highest BCUT2D eigenvalue weighted by molar-refractivity contribution is 5.95. The van der Waals surface area contributed by atoms with E-state index in [0.29, 0.717) is 45.2 Å². The Balaban J connectivity index is 2.15. The number of carbonyl (C=O) groups is 5. The summed E-state index contributed by atoms with van der Waals surface area (Å²) < 4.78 is 0. The number of nitrogens with one attached hydrogen (secondary N) is 1. The SMILES string of the molecule is CC(C)CC(N)C(=O)NC(CCC(N)=O)C(=O)N1CCCC1C(=O)N1CCCC1C(=O)O. The zero-order valence-electron chi connectivity index (χ0n) is 18.8. The van der Waals surface area contributed by atoms with E-state index in [-0.39, 0.29) is 18.8 Å². The van der Waals surface area contributed by atoms with Gasteiger partial charge in [0.2, 0.25) is 23.6 Å². The third kappa shape index (κ3) is 6.41. The molecule has 11 heteroatoms. The highest BCUT2D eigenvalue weighted by Gasteiger charge is 2.43. The van der Waals surface area contributed by atoms with Crippen molar-refractivity contribution in [2.45, 2.75) is 83.0 Å². The number of aliphatic carboxylic acids is 1. The van der Waals surface area contributed by atoms with Gasteiger partial charge in [-0.3, -0.25) is 19.2 Å². The predicted molar refractivity (Wildman–Crippen MR) is 115 cm³/mol. The molecule has 2 heterocycles. The fraction of sp³-hybridized carbons (Fsp3) is 0.762. The van der Waals surface area contributed by atoms with Crippen LogP contribution in [0.5, 0.6) is 0 Å². The molecular weight excluding hydrogens is 418 g/mol. The van der Waals surface area contributed by atoms with Gasteiger partial charge in [-0.25, -0.2) is 4.79 Å². The van der Waals surface area contributed by atoms with Crippen molar-refractivity contribution in [3.63, 3.8) is 0 Å². The van der Waals surface area contributed by atoms with Gasteiger partial charge < -0.3 is 31.7 Å². The Morgan fingerprint density at radius 1 is 1.03 bits per heavy atom. The molecule has 2 fully saturated rings. The summed E-state index contributed by atoms with van der Waals surface area (Å²) in [4.78, 5) is 64.5. The van der Waals surface area contributed by atoms with Crippen LogP contribution in [0.1, 0.15) is 58.8 Å². The Morgan fingerprint density at radius 3 is 2.19 bits per heavy atom. The first-order chi connectivity index (χ1) is 15.0. The molecule has 0 aliphatic carbocycles. The Bertz CT molecular complexity index is 742. The van der Waals surface area contributed by atoms with Crippen molar-refractivity contribution >= 4 is 29.6 Å². The summed E-state index contributed by atoms with van der Waals surface area (Å²) in [6.07, 6.45) is 2.27. The molecule has 0 spiro atoms. The van der Waals surface area contributed by atoms with E-state index in [1.54, 1.807) is 0 Å². The van der Waals surface area contributed by atoms with Crippen LogP contribution in [0, 0.1) is 5.92 Å². The number of carboxylic acids is 1. The molecule has 2 aliphatic heterocycles. The smallest absolute Gasteiger partial charge is 0.326 e. The lowest BCUT2D eigenvalue weighted by Crippen LogP contribution is -2.57. The number of carbonyl (C=O) groups excluding carboxylic acids is 4. The van der Waals surface area contributed by atoms with E-state index in [1.165, 1.54) is 9.80 Å². The Labute approximate surface area is 187 Å². The number of hydrogen-bond donors (Lipinski definition) is 4. The molecule has 180 valence electrons. The van der Waals surface area contributed by atoms with Crippen LogP contribution < -0.4 is 16.8 Å². The molecule has 0 radical (unpaired) electrons. The van der Waals surface area contributed by atoms with Gasteiger partial charge in [0.25, 0.3) is 0 Å². The van der Waals surface area contributed by atoms with Gasteiger partial charge in [0.15, 0.2) is 0 Å². The van der Waals surface area contributed by atoms with E-state index in [2.05, 4.69) is 5.32 Å². The molecule has 0 aromatic carbocycles.